The van der Waals surface area contributed by atoms with Gasteiger partial charge in [-0.15, -0.1) is 0 Å². The Hall–Kier alpha value is -0.570. The second kappa shape index (κ2) is 6.24. The summed E-state index contributed by atoms with van der Waals surface area (Å²) in [7, 11) is 0. The van der Waals surface area contributed by atoms with Gasteiger partial charge in [-0.1, -0.05) is 39.5 Å². The van der Waals surface area contributed by atoms with Crippen molar-refractivity contribution in [2.45, 2.75) is 64.3 Å². The van der Waals surface area contributed by atoms with Crippen molar-refractivity contribution in [1.82, 2.24) is 4.90 Å². The normalized spacial score (nSPS) is 18.3. The second-order valence-corrected chi connectivity index (χ2v) is 5.13. The number of hydrogen-bond donors (Lipinski definition) is 1. The first-order valence-corrected chi connectivity index (χ1v) is 6.68. The van der Waals surface area contributed by atoms with Crippen molar-refractivity contribution in [2.75, 3.05) is 13.1 Å². The molecule has 0 atom stereocenters. The minimum atomic E-state index is -0.0854. The summed E-state index contributed by atoms with van der Waals surface area (Å²) in [4.78, 5) is 13.6. The number of carbonyl (C=O) groups excluding carboxylic acids is 1. The van der Waals surface area contributed by atoms with Crippen LogP contribution < -0.4 is 5.73 Å². The Morgan fingerprint density at radius 2 is 1.81 bits per heavy atom. The summed E-state index contributed by atoms with van der Waals surface area (Å²) in [5.74, 6) is 0.297. The van der Waals surface area contributed by atoms with E-state index in [1.54, 1.807) is 0 Å². The highest BCUT2D eigenvalue weighted by molar-refractivity contribution is 5.77. The Balaban J connectivity index is 2.05. The van der Waals surface area contributed by atoms with E-state index >= 15 is 0 Å². The Kier molecular flexibility index (Phi) is 5.26. The Labute approximate surface area is 99.4 Å². The summed E-state index contributed by atoms with van der Waals surface area (Å²) >= 11 is 0. The van der Waals surface area contributed by atoms with Crippen LogP contribution in [0.2, 0.25) is 0 Å². The molecule has 1 aliphatic heterocycles. The molecule has 16 heavy (non-hydrogen) atoms. The van der Waals surface area contributed by atoms with Gasteiger partial charge in [0.25, 0.3) is 0 Å². The van der Waals surface area contributed by atoms with Crippen LogP contribution in [0.5, 0.6) is 0 Å². The average molecular weight is 226 g/mol. The fraction of sp³-hybridized carbons (Fsp3) is 0.923. The molecule has 3 heteroatoms. The van der Waals surface area contributed by atoms with E-state index in [-0.39, 0.29) is 5.54 Å². The van der Waals surface area contributed by atoms with Gasteiger partial charge in [-0.3, -0.25) is 4.79 Å². The molecule has 0 radical (unpaired) electrons. The molecule has 0 aromatic heterocycles. The molecule has 0 bridgehead atoms. The van der Waals surface area contributed by atoms with Crippen molar-refractivity contribution in [3.63, 3.8) is 0 Å². The maximum atomic E-state index is 11.7. The zero-order valence-corrected chi connectivity index (χ0v) is 10.8. The van der Waals surface area contributed by atoms with Gasteiger partial charge in [0.1, 0.15) is 0 Å². The summed E-state index contributed by atoms with van der Waals surface area (Å²) in [5.41, 5.74) is 5.95. The van der Waals surface area contributed by atoms with E-state index in [4.69, 9.17) is 5.73 Å². The lowest BCUT2D eigenvalue weighted by atomic mass is 9.88. The molecule has 0 unspecified atom stereocenters. The molecule has 94 valence electrons. The summed E-state index contributed by atoms with van der Waals surface area (Å²) in [5, 5.41) is 0. The first kappa shape index (κ1) is 13.5. The molecule has 1 fully saturated rings. The van der Waals surface area contributed by atoms with Crippen molar-refractivity contribution in [3.05, 3.63) is 0 Å². The van der Waals surface area contributed by atoms with Crippen molar-refractivity contribution in [1.29, 1.82) is 0 Å². The molecule has 3 nitrogen and oxygen atoms in total. The van der Waals surface area contributed by atoms with Crippen LogP contribution in [0, 0.1) is 0 Å². The van der Waals surface area contributed by atoms with Crippen molar-refractivity contribution < 1.29 is 4.79 Å². The van der Waals surface area contributed by atoms with Crippen LogP contribution in [0.25, 0.3) is 0 Å². The Morgan fingerprint density at radius 3 is 2.38 bits per heavy atom. The van der Waals surface area contributed by atoms with Gasteiger partial charge in [-0.25, -0.2) is 0 Å². The molecule has 1 heterocycles. The standard InChI is InChI=1S/C13H26N2O/c1-3-5-6-7-8-9-12(16)15-10-13(14,4-2)11-15/h3-11,14H2,1-2H3. The monoisotopic (exact) mass is 226 g/mol. The number of rotatable bonds is 7. The first-order valence-electron chi connectivity index (χ1n) is 6.68. The molecule has 0 spiro atoms. The van der Waals surface area contributed by atoms with Crippen molar-refractivity contribution >= 4 is 5.91 Å². The van der Waals surface area contributed by atoms with Gasteiger partial charge in [0.2, 0.25) is 5.91 Å². The van der Waals surface area contributed by atoms with Crippen LogP contribution >= 0.6 is 0 Å². The van der Waals surface area contributed by atoms with E-state index in [9.17, 15) is 4.79 Å². The van der Waals surface area contributed by atoms with Gasteiger partial charge in [0.15, 0.2) is 0 Å². The highest BCUT2D eigenvalue weighted by Gasteiger charge is 2.39. The number of likely N-dealkylation sites (tertiary alicyclic amines) is 1. The first-order chi connectivity index (χ1) is 7.61. The van der Waals surface area contributed by atoms with E-state index in [0.717, 1.165) is 25.9 Å². The van der Waals surface area contributed by atoms with Gasteiger partial charge < -0.3 is 10.6 Å². The number of amides is 1. The van der Waals surface area contributed by atoms with Gasteiger partial charge >= 0.3 is 0 Å². The largest absolute Gasteiger partial charge is 0.339 e. The van der Waals surface area contributed by atoms with E-state index < -0.39 is 0 Å². The number of hydrogen-bond acceptors (Lipinski definition) is 2. The maximum Gasteiger partial charge on any atom is 0.222 e. The van der Waals surface area contributed by atoms with Crippen LogP contribution in [-0.2, 0) is 4.79 Å². The topological polar surface area (TPSA) is 46.3 Å². The lowest BCUT2D eigenvalue weighted by Crippen LogP contribution is -2.68. The molecule has 1 amide bonds. The molecule has 1 rings (SSSR count). The zero-order valence-electron chi connectivity index (χ0n) is 10.8. The van der Waals surface area contributed by atoms with E-state index in [1.807, 2.05) is 4.90 Å². The fourth-order valence-electron chi connectivity index (χ4n) is 2.15. The minimum absolute atomic E-state index is 0.0854. The molecule has 0 saturated carbocycles. The number of nitrogens with two attached hydrogens (primary N) is 1. The van der Waals surface area contributed by atoms with Gasteiger partial charge in [-0.05, 0) is 12.8 Å². The summed E-state index contributed by atoms with van der Waals surface area (Å²) in [6.07, 6.45) is 7.72. The van der Waals surface area contributed by atoms with Gasteiger partial charge in [0.05, 0.1) is 5.54 Å². The minimum Gasteiger partial charge on any atom is -0.339 e. The summed E-state index contributed by atoms with van der Waals surface area (Å²) in [6.45, 7) is 5.82. The third-order valence-corrected chi connectivity index (χ3v) is 3.56. The Bertz CT molecular complexity index is 222. The fourth-order valence-corrected chi connectivity index (χ4v) is 2.15. The number of nitrogens with zero attached hydrogens (tertiary/aromatic N) is 1. The van der Waals surface area contributed by atoms with Crippen molar-refractivity contribution in [3.8, 4) is 0 Å². The third kappa shape index (κ3) is 3.78. The van der Waals surface area contributed by atoms with Gasteiger partial charge in [0, 0.05) is 19.5 Å². The molecular formula is C13H26N2O. The van der Waals surface area contributed by atoms with E-state index in [0.29, 0.717) is 12.3 Å². The number of carbonyl (C=O) groups is 1. The van der Waals surface area contributed by atoms with E-state index in [1.165, 1.54) is 25.7 Å². The zero-order chi connectivity index (χ0) is 12.0. The van der Waals surface area contributed by atoms with E-state index in [2.05, 4.69) is 13.8 Å². The quantitative estimate of drug-likeness (QED) is 0.677. The second-order valence-electron chi connectivity index (χ2n) is 5.13. The Morgan fingerprint density at radius 1 is 1.19 bits per heavy atom. The smallest absolute Gasteiger partial charge is 0.222 e. The lowest BCUT2D eigenvalue weighted by molar-refractivity contribution is -0.138. The molecule has 0 aliphatic carbocycles. The molecule has 1 saturated heterocycles. The van der Waals surface area contributed by atoms with Gasteiger partial charge in [-0.2, -0.15) is 0 Å². The van der Waals surface area contributed by atoms with Crippen molar-refractivity contribution in [2.24, 2.45) is 5.73 Å². The number of unbranched alkanes of at least 4 members (excludes halogenated alkanes) is 4. The van der Waals surface area contributed by atoms with Crippen LogP contribution in [0.15, 0.2) is 0 Å². The maximum absolute atomic E-state index is 11.7. The van der Waals surface area contributed by atoms with Crippen LogP contribution in [0.3, 0.4) is 0 Å². The SMILES string of the molecule is CCCCCCCC(=O)N1CC(N)(CC)C1. The lowest BCUT2D eigenvalue weighted by Gasteiger charge is -2.47. The van der Waals surface area contributed by atoms with Crippen LogP contribution in [0.4, 0.5) is 0 Å². The predicted octanol–water partition coefficient (Wildman–Crippen LogP) is 2.30. The third-order valence-electron chi connectivity index (χ3n) is 3.56. The summed E-state index contributed by atoms with van der Waals surface area (Å²) < 4.78 is 0. The molecule has 2 N–H and O–H groups in total. The van der Waals surface area contributed by atoms with Crippen LogP contribution in [-0.4, -0.2) is 29.4 Å². The predicted molar refractivity (Wildman–Crippen MR) is 67.2 cm³/mol. The summed E-state index contributed by atoms with van der Waals surface area (Å²) in [6, 6.07) is 0. The highest BCUT2D eigenvalue weighted by atomic mass is 16.2. The van der Waals surface area contributed by atoms with Crippen LogP contribution in [0.1, 0.15) is 58.8 Å². The molecular weight excluding hydrogens is 200 g/mol. The molecule has 0 aromatic rings. The molecule has 0 aromatic carbocycles. The molecule has 1 aliphatic rings. The highest BCUT2D eigenvalue weighted by Crippen LogP contribution is 2.22. The average Bonchev–Trinajstić information content (AvgIpc) is 2.24.